The van der Waals surface area contributed by atoms with Gasteiger partial charge in [0.25, 0.3) is 5.91 Å². The maximum Gasteiger partial charge on any atom is 0.254 e. The van der Waals surface area contributed by atoms with Crippen molar-refractivity contribution in [2.75, 3.05) is 25.4 Å². The van der Waals surface area contributed by atoms with E-state index in [1.165, 1.54) is 36.0 Å². The Kier molecular flexibility index (Phi) is 7.15. The van der Waals surface area contributed by atoms with Crippen LogP contribution in [0.15, 0.2) is 77.3 Å². The van der Waals surface area contributed by atoms with E-state index in [9.17, 15) is 14.0 Å². The lowest BCUT2D eigenvalue weighted by atomic mass is 10.1. The summed E-state index contributed by atoms with van der Waals surface area (Å²) < 4.78 is 15.2. The van der Waals surface area contributed by atoms with Crippen LogP contribution in [0.25, 0.3) is 16.4 Å². The number of benzene rings is 2. The van der Waals surface area contributed by atoms with Crippen molar-refractivity contribution in [3.05, 3.63) is 83.5 Å². The fourth-order valence-electron chi connectivity index (χ4n) is 4.20. The molecule has 0 bridgehead atoms. The number of carbonyl (C=O) groups is 2. The Bertz CT molecular complexity index is 1340. The Labute approximate surface area is 216 Å². The Hall–Kier alpha value is -3.50. The van der Waals surface area contributed by atoms with Crippen molar-refractivity contribution in [2.24, 2.45) is 0 Å². The third-order valence-corrected chi connectivity index (χ3v) is 7.83. The van der Waals surface area contributed by atoms with Gasteiger partial charge in [-0.2, -0.15) is 0 Å². The van der Waals surface area contributed by atoms with Crippen LogP contribution in [-0.2, 0) is 4.79 Å². The molecule has 0 spiro atoms. The van der Waals surface area contributed by atoms with Crippen molar-refractivity contribution >= 4 is 34.9 Å². The van der Waals surface area contributed by atoms with Crippen molar-refractivity contribution in [2.45, 2.75) is 18.1 Å². The molecule has 5 rings (SSSR count). The van der Waals surface area contributed by atoms with E-state index in [0.717, 1.165) is 16.4 Å². The van der Waals surface area contributed by atoms with Crippen molar-refractivity contribution in [3.8, 4) is 16.4 Å². The van der Waals surface area contributed by atoms with E-state index in [1.807, 2.05) is 59.3 Å². The van der Waals surface area contributed by atoms with Crippen LogP contribution in [0.3, 0.4) is 0 Å². The summed E-state index contributed by atoms with van der Waals surface area (Å²) >= 11 is 2.94. The van der Waals surface area contributed by atoms with Gasteiger partial charge in [-0.05, 0) is 54.8 Å². The van der Waals surface area contributed by atoms with Crippen molar-refractivity contribution in [3.63, 3.8) is 0 Å². The quantitative estimate of drug-likeness (QED) is 0.347. The zero-order valence-electron chi connectivity index (χ0n) is 19.6. The Morgan fingerprint density at radius 1 is 1.03 bits per heavy atom. The summed E-state index contributed by atoms with van der Waals surface area (Å²) in [5.74, 6) is 0.418. The summed E-state index contributed by atoms with van der Waals surface area (Å²) in [7, 11) is 0. The number of hydrogen-bond acceptors (Lipinski definition) is 6. The zero-order valence-corrected chi connectivity index (χ0v) is 21.2. The summed E-state index contributed by atoms with van der Waals surface area (Å²) in [5.41, 5.74) is 1.38. The molecular formula is C26H24FN5O2S2. The van der Waals surface area contributed by atoms with Gasteiger partial charge in [-0.25, -0.2) is 4.39 Å². The summed E-state index contributed by atoms with van der Waals surface area (Å²) in [5, 5.41) is 11.4. The minimum absolute atomic E-state index is 0.0129. The monoisotopic (exact) mass is 521 g/mol. The molecule has 1 fully saturated rings. The van der Waals surface area contributed by atoms with Gasteiger partial charge in [-0.15, -0.1) is 21.5 Å². The van der Waals surface area contributed by atoms with Crippen LogP contribution in [0.1, 0.15) is 17.3 Å². The number of amides is 2. The minimum atomic E-state index is -0.377. The molecule has 1 aliphatic heterocycles. The summed E-state index contributed by atoms with van der Waals surface area (Å²) in [6.45, 7) is 3.24. The first-order chi connectivity index (χ1) is 17.5. The maximum absolute atomic E-state index is 13.2. The third kappa shape index (κ3) is 5.05. The van der Waals surface area contributed by atoms with E-state index in [1.54, 1.807) is 21.1 Å². The molecule has 10 heteroatoms. The number of carbonyl (C=O) groups excluding carboxylic acids is 2. The molecule has 0 aliphatic carbocycles. The molecule has 4 aromatic rings. The number of para-hydroxylation sites is 1. The number of halogens is 1. The van der Waals surface area contributed by atoms with Crippen LogP contribution >= 0.6 is 23.1 Å². The molecule has 1 aliphatic rings. The van der Waals surface area contributed by atoms with Gasteiger partial charge >= 0.3 is 0 Å². The highest BCUT2D eigenvalue weighted by Gasteiger charge is 2.30. The van der Waals surface area contributed by atoms with Gasteiger partial charge < -0.3 is 9.80 Å². The molecule has 2 amide bonds. The first-order valence-corrected chi connectivity index (χ1v) is 13.4. The van der Waals surface area contributed by atoms with E-state index >= 15 is 0 Å². The number of rotatable bonds is 6. The summed E-state index contributed by atoms with van der Waals surface area (Å²) in [4.78, 5) is 30.5. The SMILES string of the molecule is CC1CN(C(=O)CSc2nnc(-c3cccs3)n2-c2ccccc2)CCN1C(=O)c1ccc(F)cc1. The molecule has 1 unspecified atom stereocenters. The highest BCUT2D eigenvalue weighted by atomic mass is 32.2. The van der Waals surface area contributed by atoms with E-state index in [0.29, 0.717) is 30.4 Å². The summed E-state index contributed by atoms with van der Waals surface area (Å²) in [6, 6.07) is 19.2. The van der Waals surface area contributed by atoms with E-state index in [2.05, 4.69) is 10.2 Å². The van der Waals surface area contributed by atoms with E-state index in [4.69, 9.17) is 0 Å². The topological polar surface area (TPSA) is 71.3 Å². The van der Waals surface area contributed by atoms with Gasteiger partial charge in [-0.1, -0.05) is 36.0 Å². The first-order valence-electron chi connectivity index (χ1n) is 11.5. The molecule has 0 radical (unpaired) electrons. The molecule has 2 aromatic heterocycles. The second-order valence-electron chi connectivity index (χ2n) is 8.44. The highest BCUT2D eigenvalue weighted by molar-refractivity contribution is 7.99. The number of aromatic nitrogens is 3. The van der Waals surface area contributed by atoms with Crippen LogP contribution < -0.4 is 0 Å². The van der Waals surface area contributed by atoms with Gasteiger partial charge in [0.2, 0.25) is 5.91 Å². The van der Waals surface area contributed by atoms with Crippen LogP contribution in [-0.4, -0.2) is 67.8 Å². The average molecular weight is 522 g/mol. The lowest BCUT2D eigenvalue weighted by molar-refractivity contribution is -0.130. The zero-order chi connectivity index (χ0) is 25.1. The van der Waals surface area contributed by atoms with Gasteiger partial charge in [0.1, 0.15) is 5.82 Å². The number of thiophene rings is 1. The van der Waals surface area contributed by atoms with Crippen LogP contribution in [0.5, 0.6) is 0 Å². The van der Waals surface area contributed by atoms with E-state index in [-0.39, 0.29) is 29.4 Å². The smallest absolute Gasteiger partial charge is 0.254 e. The van der Waals surface area contributed by atoms with Crippen molar-refractivity contribution in [1.29, 1.82) is 0 Å². The number of hydrogen-bond donors (Lipinski definition) is 0. The van der Waals surface area contributed by atoms with Crippen LogP contribution in [0, 0.1) is 5.82 Å². The molecule has 0 saturated carbocycles. The van der Waals surface area contributed by atoms with Gasteiger partial charge in [0, 0.05) is 36.9 Å². The molecule has 184 valence electrons. The normalized spacial score (nSPS) is 15.8. The van der Waals surface area contributed by atoms with Crippen LogP contribution in [0.4, 0.5) is 4.39 Å². The van der Waals surface area contributed by atoms with E-state index < -0.39 is 0 Å². The predicted molar refractivity (Wildman–Crippen MR) is 139 cm³/mol. The lowest BCUT2D eigenvalue weighted by Gasteiger charge is -2.40. The first kappa shape index (κ1) is 24.2. The number of thioether (sulfide) groups is 1. The van der Waals surface area contributed by atoms with Gasteiger partial charge in [-0.3, -0.25) is 14.2 Å². The molecule has 2 aromatic carbocycles. The van der Waals surface area contributed by atoms with Crippen molar-refractivity contribution < 1.29 is 14.0 Å². The third-order valence-electron chi connectivity index (χ3n) is 6.05. The number of nitrogens with zero attached hydrogens (tertiary/aromatic N) is 5. The van der Waals surface area contributed by atoms with Crippen molar-refractivity contribution in [1.82, 2.24) is 24.6 Å². The molecule has 3 heterocycles. The molecule has 0 N–H and O–H groups in total. The predicted octanol–water partition coefficient (Wildman–Crippen LogP) is 4.60. The Morgan fingerprint density at radius 3 is 2.50 bits per heavy atom. The maximum atomic E-state index is 13.2. The summed E-state index contributed by atoms with van der Waals surface area (Å²) in [6.07, 6.45) is 0. The number of piperazine rings is 1. The molecule has 1 saturated heterocycles. The molecule has 1 atom stereocenters. The molecule has 7 nitrogen and oxygen atoms in total. The highest BCUT2D eigenvalue weighted by Crippen LogP contribution is 2.30. The Balaban J connectivity index is 1.25. The fourth-order valence-corrected chi connectivity index (χ4v) is 5.75. The average Bonchev–Trinajstić information content (AvgIpc) is 3.58. The lowest BCUT2D eigenvalue weighted by Crippen LogP contribution is -2.55. The second-order valence-corrected chi connectivity index (χ2v) is 10.3. The molecule has 36 heavy (non-hydrogen) atoms. The Morgan fingerprint density at radius 2 is 1.81 bits per heavy atom. The van der Waals surface area contributed by atoms with Crippen LogP contribution in [0.2, 0.25) is 0 Å². The standard InChI is InChI=1S/C26H24FN5O2S2/c1-18-16-30(13-14-31(18)25(34)19-9-11-20(27)12-10-19)23(33)17-36-26-29-28-24(22-8-5-15-35-22)32(26)21-6-3-2-4-7-21/h2-12,15,18H,13-14,16-17H2,1H3. The molecular weight excluding hydrogens is 497 g/mol. The van der Waals surface area contributed by atoms with Gasteiger partial charge in [0.15, 0.2) is 11.0 Å². The fraction of sp³-hybridized carbons (Fsp3) is 0.231. The largest absolute Gasteiger partial charge is 0.338 e. The van der Waals surface area contributed by atoms with Gasteiger partial charge in [0.05, 0.1) is 10.6 Å². The second kappa shape index (κ2) is 10.6. The minimum Gasteiger partial charge on any atom is -0.338 e.